The highest BCUT2D eigenvalue weighted by atomic mass is 35.5. The lowest BCUT2D eigenvalue weighted by molar-refractivity contribution is 0.623. The van der Waals surface area contributed by atoms with Crippen molar-refractivity contribution in [2.75, 3.05) is 5.88 Å². The van der Waals surface area contributed by atoms with Crippen molar-refractivity contribution in [1.29, 1.82) is 0 Å². The van der Waals surface area contributed by atoms with E-state index in [1.807, 2.05) is 6.07 Å². The second kappa shape index (κ2) is 5.13. The minimum atomic E-state index is -1.15. The highest BCUT2D eigenvalue weighted by Crippen LogP contribution is 2.28. The highest BCUT2D eigenvalue weighted by Gasteiger charge is 2.21. The van der Waals surface area contributed by atoms with Crippen LogP contribution in [-0.2, 0) is 0 Å². The van der Waals surface area contributed by atoms with Gasteiger partial charge in [0.15, 0.2) is 0 Å². The van der Waals surface area contributed by atoms with Gasteiger partial charge in [-0.2, -0.15) is 0 Å². The fourth-order valence-electron chi connectivity index (χ4n) is 1.76. The molecule has 0 fully saturated rings. The molecule has 0 nitrogen and oxygen atoms in total. The highest BCUT2D eigenvalue weighted by molar-refractivity contribution is 6.76. The van der Waals surface area contributed by atoms with Gasteiger partial charge in [-0.15, -0.1) is 11.6 Å². The third-order valence-corrected chi connectivity index (χ3v) is 4.46. The predicted molar refractivity (Wildman–Crippen MR) is 68.0 cm³/mol. The molecule has 0 saturated carbocycles. The minimum absolute atomic E-state index is 0.168. The van der Waals surface area contributed by atoms with E-state index < -0.39 is 8.07 Å². The Labute approximate surface area is 97.5 Å². The van der Waals surface area contributed by atoms with E-state index in [0.717, 1.165) is 11.6 Å². The van der Waals surface area contributed by atoms with Gasteiger partial charge in [-0.1, -0.05) is 31.8 Å². The van der Waals surface area contributed by atoms with Crippen LogP contribution in [0.2, 0.25) is 25.7 Å². The Morgan fingerprint density at radius 1 is 1.33 bits per heavy atom. The molecule has 1 aromatic carbocycles. The summed E-state index contributed by atoms with van der Waals surface area (Å²) < 4.78 is 13.1. The Hall–Kier alpha value is -0.343. The van der Waals surface area contributed by atoms with Crippen molar-refractivity contribution in [3.63, 3.8) is 0 Å². The first-order valence-electron chi connectivity index (χ1n) is 5.24. The summed E-state index contributed by atoms with van der Waals surface area (Å²) in [7, 11) is -1.15. The maximum atomic E-state index is 13.1. The van der Waals surface area contributed by atoms with Crippen LogP contribution in [0.4, 0.5) is 4.39 Å². The van der Waals surface area contributed by atoms with Crippen LogP contribution in [0.1, 0.15) is 11.5 Å². The molecule has 0 saturated heterocycles. The van der Waals surface area contributed by atoms with Crippen LogP contribution in [0, 0.1) is 5.82 Å². The molecule has 1 atom stereocenters. The quantitative estimate of drug-likeness (QED) is 0.541. The molecule has 0 heterocycles. The van der Waals surface area contributed by atoms with Crippen molar-refractivity contribution in [2.45, 2.75) is 31.6 Å². The maximum absolute atomic E-state index is 13.1. The Kier molecular flexibility index (Phi) is 4.35. The topological polar surface area (TPSA) is 0 Å². The lowest BCUT2D eigenvalue weighted by Gasteiger charge is -2.23. The van der Waals surface area contributed by atoms with Crippen molar-refractivity contribution in [1.82, 2.24) is 0 Å². The number of hydrogen-bond acceptors (Lipinski definition) is 0. The van der Waals surface area contributed by atoms with Gasteiger partial charge in [-0.05, 0) is 29.7 Å². The van der Waals surface area contributed by atoms with Gasteiger partial charge in [0.1, 0.15) is 5.82 Å². The molecule has 0 aliphatic carbocycles. The monoisotopic (exact) mass is 244 g/mol. The zero-order chi connectivity index (χ0) is 11.5. The van der Waals surface area contributed by atoms with E-state index in [0.29, 0.717) is 11.8 Å². The first kappa shape index (κ1) is 12.7. The zero-order valence-electron chi connectivity index (χ0n) is 9.56. The van der Waals surface area contributed by atoms with Gasteiger partial charge in [0.2, 0.25) is 0 Å². The normalized spacial score (nSPS) is 13.9. The summed E-state index contributed by atoms with van der Waals surface area (Å²) in [5.74, 6) is 0.709. The number of benzene rings is 1. The molecule has 0 spiro atoms. The Morgan fingerprint density at radius 3 is 2.47 bits per heavy atom. The summed E-state index contributed by atoms with van der Waals surface area (Å²) in [4.78, 5) is 0. The van der Waals surface area contributed by atoms with E-state index in [9.17, 15) is 4.39 Å². The fraction of sp³-hybridized carbons (Fsp3) is 0.500. The summed E-state index contributed by atoms with van der Waals surface area (Å²) in [6.45, 7) is 6.93. The van der Waals surface area contributed by atoms with Crippen LogP contribution in [0.5, 0.6) is 0 Å². The second-order valence-electron chi connectivity index (χ2n) is 5.17. The third kappa shape index (κ3) is 4.35. The molecule has 0 N–H and O–H groups in total. The van der Waals surface area contributed by atoms with E-state index in [4.69, 9.17) is 11.6 Å². The third-order valence-electron chi connectivity index (χ3n) is 2.37. The Balaban J connectivity index is 2.83. The molecular weight excluding hydrogens is 227 g/mol. The molecular formula is C12H18ClFSi. The summed E-state index contributed by atoms with van der Waals surface area (Å²) in [5.41, 5.74) is 1.03. The lowest BCUT2D eigenvalue weighted by Crippen LogP contribution is -2.23. The van der Waals surface area contributed by atoms with Crippen molar-refractivity contribution >= 4 is 19.7 Å². The fourth-order valence-corrected chi connectivity index (χ4v) is 4.09. The van der Waals surface area contributed by atoms with Gasteiger partial charge in [0.25, 0.3) is 0 Å². The average molecular weight is 245 g/mol. The molecule has 1 aromatic rings. The van der Waals surface area contributed by atoms with Crippen LogP contribution in [0.15, 0.2) is 24.3 Å². The molecule has 15 heavy (non-hydrogen) atoms. The van der Waals surface area contributed by atoms with E-state index >= 15 is 0 Å². The maximum Gasteiger partial charge on any atom is 0.123 e. The molecule has 0 radical (unpaired) electrons. The van der Waals surface area contributed by atoms with E-state index in [1.165, 1.54) is 6.07 Å². The number of hydrogen-bond donors (Lipinski definition) is 0. The lowest BCUT2D eigenvalue weighted by atomic mass is 10.0. The van der Waals surface area contributed by atoms with Crippen LogP contribution >= 0.6 is 11.6 Å². The van der Waals surface area contributed by atoms with Crippen LogP contribution in [0.25, 0.3) is 0 Å². The van der Waals surface area contributed by atoms with Gasteiger partial charge in [-0.25, -0.2) is 4.39 Å². The summed E-state index contributed by atoms with van der Waals surface area (Å²) in [6.07, 6.45) is 0. The SMILES string of the molecule is C[Si](C)(C)CC(CCl)c1cccc(F)c1. The summed E-state index contributed by atoms with van der Waals surface area (Å²) in [5, 5.41) is 0. The zero-order valence-corrected chi connectivity index (χ0v) is 11.3. The molecule has 0 aromatic heterocycles. The van der Waals surface area contributed by atoms with E-state index in [1.54, 1.807) is 12.1 Å². The average Bonchev–Trinajstić information content (AvgIpc) is 2.13. The van der Waals surface area contributed by atoms with Crippen molar-refractivity contribution in [3.05, 3.63) is 35.6 Å². The Bertz CT molecular complexity index is 320. The molecule has 0 aliphatic rings. The van der Waals surface area contributed by atoms with Gasteiger partial charge in [0.05, 0.1) is 0 Å². The summed E-state index contributed by atoms with van der Waals surface area (Å²) in [6, 6.07) is 7.92. The minimum Gasteiger partial charge on any atom is -0.207 e. The van der Waals surface area contributed by atoms with Gasteiger partial charge in [0, 0.05) is 14.0 Å². The molecule has 3 heteroatoms. The standard InChI is InChI=1S/C12H18ClFSi/c1-15(2,3)9-11(8-13)10-5-4-6-12(14)7-10/h4-7,11H,8-9H2,1-3H3. The molecule has 0 aliphatic heterocycles. The van der Waals surface area contributed by atoms with Crippen molar-refractivity contribution in [3.8, 4) is 0 Å². The molecule has 0 amide bonds. The molecule has 1 unspecified atom stereocenters. The largest absolute Gasteiger partial charge is 0.207 e. The first-order valence-corrected chi connectivity index (χ1v) is 9.48. The van der Waals surface area contributed by atoms with E-state index in [2.05, 4.69) is 19.6 Å². The van der Waals surface area contributed by atoms with E-state index in [-0.39, 0.29) is 5.82 Å². The van der Waals surface area contributed by atoms with Gasteiger partial charge in [-0.3, -0.25) is 0 Å². The smallest absolute Gasteiger partial charge is 0.123 e. The number of alkyl halides is 1. The first-order chi connectivity index (χ1) is 6.92. The number of rotatable bonds is 4. The van der Waals surface area contributed by atoms with Gasteiger partial charge < -0.3 is 0 Å². The summed E-state index contributed by atoms with van der Waals surface area (Å²) >= 11 is 5.96. The number of halogens is 2. The van der Waals surface area contributed by atoms with Crippen LogP contribution in [0.3, 0.4) is 0 Å². The van der Waals surface area contributed by atoms with Crippen molar-refractivity contribution in [2.24, 2.45) is 0 Å². The second-order valence-corrected chi connectivity index (χ2v) is 11.0. The molecule has 84 valence electrons. The van der Waals surface area contributed by atoms with Crippen molar-refractivity contribution < 1.29 is 4.39 Å². The predicted octanol–water partition coefficient (Wildman–Crippen LogP) is 4.49. The van der Waals surface area contributed by atoms with Gasteiger partial charge >= 0.3 is 0 Å². The molecule has 0 bridgehead atoms. The Morgan fingerprint density at radius 2 is 2.00 bits per heavy atom. The molecule has 1 rings (SSSR count). The van der Waals surface area contributed by atoms with Crippen LogP contribution < -0.4 is 0 Å². The van der Waals surface area contributed by atoms with Crippen LogP contribution in [-0.4, -0.2) is 14.0 Å².